The lowest BCUT2D eigenvalue weighted by molar-refractivity contribution is -0.138. The Morgan fingerprint density at radius 1 is 0.979 bits per heavy atom. The van der Waals surface area contributed by atoms with E-state index in [1.165, 1.54) is 12.1 Å². The van der Waals surface area contributed by atoms with Crippen LogP contribution in [0.5, 0.6) is 0 Å². The molecule has 0 aliphatic carbocycles. The molecule has 4 rings (SSSR count). The van der Waals surface area contributed by atoms with Crippen LogP contribution in [0.4, 0.5) is 4.39 Å². The van der Waals surface area contributed by atoms with Gasteiger partial charge in [-0.05, 0) is 52.0 Å². The van der Waals surface area contributed by atoms with Crippen molar-refractivity contribution in [3.05, 3.63) is 114 Å². The molecule has 6 nitrogen and oxygen atoms in total. The van der Waals surface area contributed by atoms with Crippen LogP contribution in [0.1, 0.15) is 63.9 Å². The van der Waals surface area contributed by atoms with Crippen molar-refractivity contribution in [2.45, 2.75) is 65.0 Å². The Balaban J connectivity index is 1.60. The van der Waals surface area contributed by atoms with Gasteiger partial charge in [0.1, 0.15) is 12.4 Å². The summed E-state index contributed by atoms with van der Waals surface area (Å²) in [6.45, 7) is 12.2. The summed E-state index contributed by atoms with van der Waals surface area (Å²) in [5.74, 6) is 4.89. The van der Waals surface area contributed by atoms with Crippen molar-refractivity contribution < 1.29 is 27.8 Å². The molecule has 3 aromatic carbocycles. The topological polar surface area (TPSA) is 85.7 Å². The van der Waals surface area contributed by atoms with Gasteiger partial charge < -0.3 is 14.1 Å². The number of carboxylic acid groups (broad SMARTS) is 1. The molecule has 4 aromatic rings. The van der Waals surface area contributed by atoms with Crippen LogP contribution in [-0.4, -0.2) is 43.2 Å². The van der Waals surface area contributed by atoms with E-state index in [1.54, 1.807) is 12.1 Å². The Morgan fingerprint density at radius 2 is 1.55 bits per heavy atom. The molecule has 0 aliphatic heterocycles. The van der Waals surface area contributed by atoms with E-state index >= 15 is 0 Å². The summed E-state index contributed by atoms with van der Waals surface area (Å²) in [5.41, 5.74) is 3.99. The molecule has 0 spiro atoms. The van der Waals surface area contributed by atoms with E-state index in [-0.39, 0.29) is 36.0 Å². The van der Waals surface area contributed by atoms with Crippen molar-refractivity contribution in [1.29, 1.82) is 0 Å². The van der Waals surface area contributed by atoms with Crippen LogP contribution in [0.3, 0.4) is 0 Å². The molecule has 2 unspecified atom stereocenters. The number of rotatable bonds is 12. The maximum absolute atomic E-state index is 13.7. The Morgan fingerprint density at radius 3 is 2.06 bits per heavy atom. The second kappa shape index (κ2) is 15.8. The van der Waals surface area contributed by atoms with Gasteiger partial charge in [0.15, 0.2) is 8.03 Å². The molecule has 246 valence electrons. The molecule has 1 aromatic heterocycles. The van der Waals surface area contributed by atoms with Crippen LogP contribution in [0.2, 0.25) is 5.04 Å². The van der Waals surface area contributed by atoms with Crippen LogP contribution < -0.4 is 10.4 Å². The second-order valence-electron chi connectivity index (χ2n) is 12.9. The number of aromatic nitrogens is 1. The number of benzene rings is 3. The Labute approximate surface area is 279 Å². The summed E-state index contributed by atoms with van der Waals surface area (Å²) in [4.78, 5) is 16.8. The number of nitrogens with zero attached hydrogens (tertiary/aromatic N) is 1. The Hall–Kier alpha value is -3.86. The fraction of sp³-hybridized carbons (Fsp3) is 0.316. The molecule has 1 heterocycles. The second-order valence-corrected chi connectivity index (χ2v) is 18.6. The standard InChI is InChI=1S/C38H43FNO5PSi/c1-27(2)37-34(35(24-28(3)40-37)29-19-21-30(39)22-20-29)18-13-23-44-46(43)26-31(25-36(41)42)45-47(38(4,5)6,32-14-9-7-10-15-32)33-16-11-8-12-17-33/h7-12,14-17,19-22,24,27,31,46H,23,25-26H2,1-6H3,(H,41,42). The number of pyridine rings is 1. The number of halogens is 1. The van der Waals surface area contributed by atoms with E-state index in [9.17, 15) is 18.9 Å². The highest BCUT2D eigenvalue weighted by Crippen LogP contribution is 2.39. The average Bonchev–Trinajstić information content (AvgIpc) is 3.02. The van der Waals surface area contributed by atoms with Gasteiger partial charge in [-0.3, -0.25) is 14.3 Å². The van der Waals surface area contributed by atoms with Crippen LogP contribution in [0, 0.1) is 24.6 Å². The van der Waals surface area contributed by atoms with Gasteiger partial charge in [-0.25, -0.2) is 4.39 Å². The van der Waals surface area contributed by atoms with Gasteiger partial charge in [0.2, 0.25) is 0 Å². The summed E-state index contributed by atoms with van der Waals surface area (Å²) in [7, 11) is -5.83. The highest BCUT2D eigenvalue weighted by molar-refractivity contribution is 7.39. The molecule has 0 saturated carbocycles. The van der Waals surface area contributed by atoms with E-state index in [0.29, 0.717) is 5.56 Å². The smallest absolute Gasteiger partial charge is 0.305 e. The number of hydrogen-bond acceptors (Lipinski definition) is 5. The highest BCUT2D eigenvalue weighted by Gasteiger charge is 2.51. The number of carbonyl (C=O) groups is 1. The Bertz CT molecular complexity index is 1710. The van der Waals surface area contributed by atoms with Crippen molar-refractivity contribution >= 4 is 32.7 Å². The molecule has 0 radical (unpaired) electrons. The van der Waals surface area contributed by atoms with Crippen molar-refractivity contribution in [2.75, 3.05) is 12.8 Å². The zero-order valence-electron chi connectivity index (χ0n) is 27.8. The number of aryl methyl sites for hydroxylation is 1. The summed E-state index contributed by atoms with van der Waals surface area (Å²) in [6, 6.07) is 28.0. The monoisotopic (exact) mass is 671 g/mol. The molecule has 0 bridgehead atoms. The number of aliphatic carboxylic acids is 1. The summed E-state index contributed by atoms with van der Waals surface area (Å²) < 4.78 is 39.8. The van der Waals surface area contributed by atoms with E-state index in [0.717, 1.165) is 32.9 Å². The zero-order valence-corrected chi connectivity index (χ0v) is 29.8. The molecule has 47 heavy (non-hydrogen) atoms. The third-order valence-electron chi connectivity index (χ3n) is 7.95. The van der Waals surface area contributed by atoms with Crippen LogP contribution in [-0.2, 0) is 18.3 Å². The van der Waals surface area contributed by atoms with Crippen molar-refractivity contribution in [1.82, 2.24) is 4.98 Å². The van der Waals surface area contributed by atoms with Crippen molar-refractivity contribution in [3.63, 3.8) is 0 Å². The van der Waals surface area contributed by atoms with Gasteiger partial charge in [-0.1, -0.05) is 119 Å². The maximum Gasteiger partial charge on any atom is 0.305 e. The van der Waals surface area contributed by atoms with E-state index < -0.39 is 28.4 Å². The predicted molar refractivity (Wildman–Crippen MR) is 190 cm³/mol. The zero-order chi connectivity index (χ0) is 34.2. The minimum absolute atomic E-state index is 0.0622. The first-order valence-corrected chi connectivity index (χ1v) is 19.2. The van der Waals surface area contributed by atoms with E-state index in [2.05, 4.69) is 32.6 Å². The maximum atomic E-state index is 13.7. The third kappa shape index (κ3) is 8.94. The Kier molecular flexibility index (Phi) is 12.1. The molecule has 0 amide bonds. The fourth-order valence-electron chi connectivity index (χ4n) is 5.88. The number of carboxylic acids is 1. The summed E-state index contributed by atoms with van der Waals surface area (Å²) >= 11 is 0. The first-order valence-electron chi connectivity index (χ1n) is 15.7. The van der Waals surface area contributed by atoms with Crippen LogP contribution in [0.15, 0.2) is 91.0 Å². The van der Waals surface area contributed by atoms with Crippen LogP contribution in [0.25, 0.3) is 11.1 Å². The first-order chi connectivity index (χ1) is 22.3. The van der Waals surface area contributed by atoms with Gasteiger partial charge in [0.25, 0.3) is 8.32 Å². The normalized spacial score (nSPS) is 13.1. The fourth-order valence-corrected chi connectivity index (χ4v) is 11.7. The minimum atomic E-state index is -3.09. The van der Waals surface area contributed by atoms with E-state index in [1.807, 2.05) is 87.5 Å². The van der Waals surface area contributed by atoms with Gasteiger partial charge >= 0.3 is 5.97 Å². The molecule has 0 aliphatic rings. The summed E-state index contributed by atoms with van der Waals surface area (Å²) in [5, 5.41) is 11.5. The average molecular weight is 672 g/mol. The van der Waals surface area contributed by atoms with E-state index in [4.69, 9.17) is 13.9 Å². The van der Waals surface area contributed by atoms with Gasteiger partial charge in [-0.2, -0.15) is 0 Å². The summed E-state index contributed by atoms with van der Waals surface area (Å²) in [6.07, 6.45) is -1.23. The quantitative estimate of drug-likeness (QED) is 0.0950. The molecule has 0 fully saturated rings. The molecular formula is C38H43FNO5PSi. The van der Waals surface area contributed by atoms with Crippen molar-refractivity contribution in [2.24, 2.45) is 0 Å². The third-order valence-corrected chi connectivity index (χ3v) is 14.3. The molecule has 9 heteroatoms. The largest absolute Gasteiger partial charge is 0.481 e. The van der Waals surface area contributed by atoms with Crippen LogP contribution >= 0.6 is 8.03 Å². The van der Waals surface area contributed by atoms with Gasteiger partial charge in [0, 0.05) is 17.4 Å². The first kappa shape index (κ1) is 36.0. The highest BCUT2D eigenvalue weighted by atomic mass is 31.1. The molecule has 1 N–H and O–H groups in total. The molecule has 2 atom stereocenters. The van der Waals surface area contributed by atoms with Gasteiger partial charge in [0.05, 0.1) is 23.8 Å². The van der Waals surface area contributed by atoms with Crippen molar-refractivity contribution in [3.8, 4) is 23.0 Å². The van der Waals surface area contributed by atoms with Gasteiger partial charge in [-0.15, -0.1) is 0 Å². The minimum Gasteiger partial charge on any atom is -0.481 e. The molecule has 0 saturated heterocycles. The molecular weight excluding hydrogens is 628 g/mol. The SMILES string of the molecule is Cc1cc(-c2ccc(F)cc2)c(C#CCO[PH](=O)CC(CC(=O)O)O[Si](c2ccccc2)(c2ccccc2)C(C)(C)C)c(C(C)C)n1. The lowest BCUT2D eigenvalue weighted by atomic mass is 9.94. The lowest BCUT2D eigenvalue weighted by Crippen LogP contribution is -2.68. The lowest BCUT2D eigenvalue weighted by Gasteiger charge is -2.45. The number of hydrogen-bond donors (Lipinski definition) is 1. The predicted octanol–water partition coefficient (Wildman–Crippen LogP) is 7.58.